The zero-order chi connectivity index (χ0) is 22.4. The molecule has 0 bridgehead atoms. The summed E-state index contributed by atoms with van der Waals surface area (Å²) in [4.78, 5) is 34.1. The predicted octanol–water partition coefficient (Wildman–Crippen LogP) is 3.61. The molecule has 5 atom stereocenters. The van der Waals surface area contributed by atoms with E-state index < -0.39 is 0 Å². The fourth-order valence-corrected chi connectivity index (χ4v) is 8.25. The number of amides is 2. The average Bonchev–Trinajstić information content (AvgIpc) is 3.53. The van der Waals surface area contributed by atoms with Crippen LogP contribution in [0.15, 0.2) is 11.9 Å². The molecule has 5 rings (SSSR count). The second-order valence-corrected chi connectivity index (χ2v) is 11.9. The van der Waals surface area contributed by atoms with Crippen molar-refractivity contribution >= 4 is 27.7 Å². The monoisotopic (exact) mass is 506 g/mol. The predicted molar refractivity (Wildman–Crippen MR) is 129 cm³/mol. The van der Waals surface area contributed by atoms with Crippen molar-refractivity contribution in [1.29, 1.82) is 0 Å². The van der Waals surface area contributed by atoms with E-state index in [-0.39, 0.29) is 28.7 Å². The van der Waals surface area contributed by atoms with Gasteiger partial charge in [0.15, 0.2) is 0 Å². The fraction of sp³-hybridized carbons (Fsp3) is 0.840. The number of hydrogen-bond donors (Lipinski definition) is 1. The van der Waals surface area contributed by atoms with Crippen molar-refractivity contribution in [2.45, 2.75) is 113 Å². The molecule has 4 unspecified atom stereocenters. The molecule has 0 aromatic rings. The molecule has 2 saturated heterocycles. The zero-order valence-electron chi connectivity index (χ0n) is 19.6. The topological polar surface area (TPSA) is 55.9 Å². The smallest absolute Gasteiger partial charge is 0.269 e. The minimum atomic E-state index is -0.243. The molecule has 2 saturated carbocycles. The van der Waals surface area contributed by atoms with Crippen molar-refractivity contribution in [3.63, 3.8) is 0 Å². The summed E-state index contributed by atoms with van der Waals surface area (Å²) < 4.78 is 0. The lowest BCUT2D eigenvalue weighted by atomic mass is 9.84. The Morgan fingerprint density at radius 1 is 1.09 bits per heavy atom. The van der Waals surface area contributed by atoms with E-state index in [1.807, 2.05) is 11.1 Å². The number of fused-ring (bicyclic) bond motifs is 3. The number of rotatable bonds is 5. The van der Waals surface area contributed by atoms with E-state index in [2.05, 4.69) is 44.9 Å². The molecule has 1 N–H and O–H groups in total. The summed E-state index contributed by atoms with van der Waals surface area (Å²) in [7, 11) is 0. The SMILES string of the molecule is CC(C)N1CCC[C@@H]1CNC(=O)C1=CN(C2CCCC2)C(=O)C2C(Br)C3CCCCC3N12. The Morgan fingerprint density at radius 2 is 1.81 bits per heavy atom. The summed E-state index contributed by atoms with van der Waals surface area (Å²) in [5.41, 5.74) is 0.731. The van der Waals surface area contributed by atoms with Gasteiger partial charge in [-0.3, -0.25) is 14.5 Å². The highest BCUT2D eigenvalue weighted by atomic mass is 79.9. The van der Waals surface area contributed by atoms with Crippen LogP contribution >= 0.6 is 15.9 Å². The number of halogens is 1. The Bertz CT molecular complexity index is 765. The van der Waals surface area contributed by atoms with Gasteiger partial charge in [0.2, 0.25) is 0 Å². The Labute approximate surface area is 201 Å². The molecule has 178 valence electrons. The van der Waals surface area contributed by atoms with Crippen LogP contribution in [0.3, 0.4) is 0 Å². The van der Waals surface area contributed by atoms with E-state index in [0.717, 1.165) is 44.3 Å². The van der Waals surface area contributed by atoms with E-state index in [4.69, 9.17) is 0 Å². The van der Waals surface area contributed by atoms with E-state index in [9.17, 15) is 9.59 Å². The first-order valence-corrected chi connectivity index (χ1v) is 13.9. The van der Waals surface area contributed by atoms with Crippen molar-refractivity contribution in [3.8, 4) is 0 Å². The first-order chi connectivity index (χ1) is 15.5. The zero-order valence-corrected chi connectivity index (χ0v) is 21.2. The minimum Gasteiger partial charge on any atom is -0.350 e. The first-order valence-electron chi connectivity index (χ1n) is 13.0. The third-order valence-corrected chi connectivity index (χ3v) is 9.91. The molecule has 0 radical (unpaired) electrons. The van der Waals surface area contributed by atoms with Crippen LogP contribution in [0.5, 0.6) is 0 Å². The second kappa shape index (κ2) is 9.28. The van der Waals surface area contributed by atoms with E-state index >= 15 is 0 Å². The van der Waals surface area contributed by atoms with Gasteiger partial charge >= 0.3 is 0 Å². The molecule has 3 aliphatic heterocycles. The third kappa shape index (κ3) is 3.91. The number of carbonyl (C=O) groups excluding carboxylic acids is 2. The van der Waals surface area contributed by atoms with Crippen molar-refractivity contribution in [2.24, 2.45) is 5.92 Å². The third-order valence-electron chi connectivity index (χ3n) is 8.73. The quantitative estimate of drug-likeness (QED) is 0.578. The molecule has 32 heavy (non-hydrogen) atoms. The lowest BCUT2D eigenvalue weighted by molar-refractivity contribution is -0.137. The molecule has 6 nitrogen and oxygen atoms in total. The molecule has 3 heterocycles. The molecule has 4 fully saturated rings. The molecule has 0 aromatic carbocycles. The van der Waals surface area contributed by atoms with Crippen LogP contribution in [0, 0.1) is 5.92 Å². The number of hydrogen-bond acceptors (Lipinski definition) is 4. The number of likely N-dealkylation sites (tertiary alicyclic amines) is 1. The van der Waals surface area contributed by atoms with E-state index in [1.54, 1.807) is 0 Å². The van der Waals surface area contributed by atoms with Gasteiger partial charge in [0, 0.05) is 41.7 Å². The van der Waals surface area contributed by atoms with Crippen LogP contribution < -0.4 is 5.32 Å². The van der Waals surface area contributed by atoms with Crippen LogP contribution in [0.2, 0.25) is 0 Å². The standard InChI is InChI=1S/C25H39BrN4O2/c1-16(2)28-13-7-10-18(28)14-27-24(31)21-15-29(17-8-3-4-9-17)25(32)23-22(26)19-11-5-6-12-20(19)30(21)23/h15-20,22-23H,3-14H2,1-2H3,(H,27,31)/t18-,19?,20?,22?,23?/m1/s1. The van der Waals surface area contributed by atoms with Gasteiger partial charge in [0.25, 0.3) is 11.8 Å². The van der Waals surface area contributed by atoms with Gasteiger partial charge in [0.05, 0.1) is 0 Å². The van der Waals surface area contributed by atoms with Gasteiger partial charge < -0.3 is 15.1 Å². The van der Waals surface area contributed by atoms with Crippen molar-refractivity contribution < 1.29 is 9.59 Å². The summed E-state index contributed by atoms with van der Waals surface area (Å²) in [6, 6.07) is 1.22. The molecule has 0 spiro atoms. The number of nitrogens with zero attached hydrogens (tertiary/aromatic N) is 3. The maximum absolute atomic E-state index is 13.7. The lowest BCUT2D eigenvalue weighted by Gasteiger charge is -2.42. The van der Waals surface area contributed by atoms with E-state index in [1.165, 1.54) is 32.1 Å². The van der Waals surface area contributed by atoms with Crippen molar-refractivity contribution in [3.05, 3.63) is 11.9 Å². The molecule has 0 aromatic heterocycles. The normalized spacial score (nSPS) is 35.9. The molecule has 7 heteroatoms. The number of carbonyl (C=O) groups is 2. The van der Waals surface area contributed by atoms with Gasteiger partial charge in [-0.2, -0.15) is 0 Å². The first kappa shape index (κ1) is 22.7. The number of nitrogens with one attached hydrogen (secondary N) is 1. The van der Waals surface area contributed by atoms with Crippen LogP contribution in [-0.2, 0) is 9.59 Å². The largest absolute Gasteiger partial charge is 0.350 e. The van der Waals surface area contributed by atoms with Crippen LogP contribution in [0.25, 0.3) is 0 Å². The Kier molecular flexibility index (Phi) is 6.58. The second-order valence-electron chi connectivity index (χ2n) is 10.8. The Balaban J connectivity index is 1.40. The summed E-state index contributed by atoms with van der Waals surface area (Å²) in [5.74, 6) is 0.655. The minimum absolute atomic E-state index is 0.00651. The maximum atomic E-state index is 13.7. The highest BCUT2D eigenvalue weighted by Gasteiger charge is 2.56. The van der Waals surface area contributed by atoms with Crippen LogP contribution in [-0.4, -0.2) is 74.6 Å². The molecule has 2 amide bonds. The fourth-order valence-electron chi connectivity index (χ4n) is 7.15. The summed E-state index contributed by atoms with van der Waals surface area (Å²) >= 11 is 3.94. The van der Waals surface area contributed by atoms with Crippen LogP contribution in [0.4, 0.5) is 0 Å². The summed E-state index contributed by atoms with van der Waals surface area (Å²) in [6.07, 6.45) is 13.4. The van der Waals surface area contributed by atoms with Crippen molar-refractivity contribution in [1.82, 2.24) is 20.0 Å². The van der Waals surface area contributed by atoms with Gasteiger partial charge in [-0.1, -0.05) is 41.6 Å². The van der Waals surface area contributed by atoms with E-state index in [0.29, 0.717) is 30.6 Å². The van der Waals surface area contributed by atoms with Crippen LogP contribution in [0.1, 0.15) is 78.1 Å². The van der Waals surface area contributed by atoms with Gasteiger partial charge in [-0.15, -0.1) is 0 Å². The maximum Gasteiger partial charge on any atom is 0.269 e. The Morgan fingerprint density at radius 3 is 2.56 bits per heavy atom. The van der Waals surface area contributed by atoms with Gasteiger partial charge in [-0.05, 0) is 64.8 Å². The van der Waals surface area contributed by atoms with Gasteiger partial charge in [-0.25, -0.2) is 0 Å². The molecular formula is C25H39BrN4O2. The Hall–Kier alpha value is -1.08. The highest BCUT2D eigenvalue weighted by molar-refractivity contribution is 9.09. The summed E-state index contributed by atoms with van der Waals surface area (Å²) in [5, 5.41) is 3.28. The van der Waals surface area contributed by atoms with Crippen molar-refractivity contribution in [2.75, 3.05) is 13.1 Å². The van der Waals surface area contributed by atoms with Gasteiger partial charge in [0.1, 0.15) is 11.7 Å². The average molecular weight is 508 g/mol. The highest BCUT2D eigenvalue weighted by Crippen LogP contribution is 2.47. The number of alkyl halides is 1. The summed E-state index contributed by atoms with van der Waals surface area (Å²) in [6.45, 7) is 6.29. The molecular weight excluding hydrogens is 468 g/mol. The molecule has 5 aliphatic rings. The lowest BCUT2D eigenvalue weighted by Crippen LogP contribution is -2.57. The molecule has 2 aliphatic carbocycles.